The number of thioether (sulfide) groups is 1. The zero-order valence-electron chi connectivity index (χ0n) is 21.7. The molecule has 4 rings (SSSR count). The first-order chi connectivity index (χ1) is 18.5. The highest BCUT2D eigenvalue weighted by Gasteiger charge is 2.50. The molecule has 2 saturated heterocycles. The number of amides is 2. The lowest BCUT2D eigenvalue weighted by Gasteiger charge is -2.27. The monoisotopic (exact) mass is 617 g/mol. The van der Waals surface area contributed by atoms with E-state index in [1.807, 2.05) is 0 Å². The van der Waals surface area contributed by atoms with Crippen LogP contribution >= 0.6 is 23.4 Å². The molecular formula is C26H27ClF3N3O5S2. The summed E-state index contributed by atoms with van der Waals surface area (Å²) in [5.41, 5.74) is -1.21. The van der Waals surface area contributed by atoms with Gasteiger partial charge in [0.25, 0.3) is 5.91 Å². The molecule has 2 aromatic carbocycles. The van der Waals surface area contributed by atoms with Crippen molar-refractivity contribution in [3.8, 4) is 0 Å². The van der Waals surface area contributed by atoms with E-state index in [-0.39, 0.29) is 33.8 Å². The number of benzene rings is 2. The maximum Gasteiger partial charge on any atom is 0.416 e. The van der Waals surface area contributed by atoms with Gasteiger partial charge in [0.15, 0.2) is 15.0 Å². The number of aliphatic imine (C=N–C) groups is 1. The number of ether oxygens (including phenoxy) is 1. The molecule has 3 unspecified atom stereocenters. The molecule has 2 aliphatic rings. The van der Waals surface area contributed by atoms with Gasteiger partial charge in [0.2, 0.25) is 0 Å². The Morgan fingerprint density at radius 3 is 2.45 bits per heavy atom. The van der Waals surface area contributed by atoms with Gasteiger partial charge in [0.1, 0.15) is 11.6 Å². The fourth-order valence-electron chi connectivity index (χ4n) is 4.39. The number of amidine groups is 1. The van der Waals surface area contributed by atoms with E-state index in [4.69, 9.17) is 16.3 Å². The van der Waals surface area contributed by atoms with Crippen molar-refractivity contribution in [2.75, 3.05) is 16.4 Å². The molecule has 0 bridgehead atoms. The number of alkyl halides is 3. The summed E-state index contributed by atoms with van der Waals surface area (Å²) in [6, 6.07) is 9.60. The fourth-order valence-corrected chi connectivity index (χ4v) is 8.51. The summed E-state index contributed by atoms with van der Waals surface area (Å²) in [6.07, 6.45) is -5.47. The number of anilines is 1. The van der Waals surface area contributed by atoms with Gasteiger partial charge >= 0.3 is 12.3 Å². The molecule has 2 heterocycles. The standard InChI is InChI=1S/C26H27ClF3N3O5S2/c1-25(2,3)38-24(35)31-18(11-15-7-5-4-6-8-15)22(34)32-23-33(20-13-40(36,37)14-21(20)39-23)19-12-16(26(28,29)30)9-10-17(19)27/h4-10,12,18,20-21H,11,13-14H2,1-3H3,(H,31,35). The van der Waals surface area contributed by atoms with Crippen molar-refractivity contribution in [1.82, 2.24) is 5.32 Å². The lowest BCUT2D eigenvalue weighted by molar-refractivity contribution is -0.137. The third-order valence-electron chi connectivity index (χ3n) is 6.08. The Morgan fingerprint density at radius 1 is 1.15 bits per heavy atom. The molecule has 2 aromatic rings. The molecule has 8 nitrogen and oxygen atoms in total. The van der Waals surface area contributed by atoms with E-state index >= 15 is 0 Å². The molecule has 216 valence electrons. The third kappa shape index (κ3) is 7.29. The summed E-state index contributed by atoms with van der Waals surface area (Å²) < 4.78 is 70.7. The fraction of sp³-hybridized carbons (Fsp3) is 0.423. The van der Waals surface area contributed by atoms with Crippen LogP contribution in [0.1, 0.15) is 31.9 Å². The van der Waals surface area contributed by atoms with E-state index in [0.717, 1.165) is 35.5 Å². The van der Waals surface area contributed by atoms with Crippen LogP contribution in [0.2, 0.25) is 5.02 Å². The quantitative estimate of drug-likeness (QED) is 0.498. The molecule has 0 aliphatic carbocycles. The first-order valence-electron chi connectivity index (χ1n) is 12.2. The molecule has 0 spiro atoms. The molecule has 1 N–H and O–H groups in total. The van der Waals surface area contributed by atoms with E-state index < -0.39 is 56.5 Å². The maximum absolute atomic E-state index is 13.5. The average Bonchev–Trinajstić information content (AvgIpc) is 3.28. The van der Waals surface area contributed by atoms with E-state index in [1.54, 1.807) is 51.1 Å². The van der Waals surface area contributed by atoms with Crippen molar-refractivity contribution in [1.29, 1.82) is 0 Å². The van der Waals surface area contributed by atoms with Crippen LogP contribution in [-0.4, -0.2) is 60.0 Å². The smallest absolute Gasteiger partial charge is 0.416 e. The van der Waals surface area contributed by atoms with Crippen LogP contribution < -0.4 is 10.2 Å². The van der Waals surface area contributed by atoms with Crippen LogP contribution in [0.25, 0.3) is 0 Å². The number of carbonyl (C=O) groups excluding carboxylic acids is 2. The Hall–Kier alpha value is -2.77. The molecule has 2 fully saturated rings. The Morgan fingerprint density at radius 2 is 1.82 bits per heavy atom. The van der Waals surface area contributed by atoms with Crippen molar-refractivity contribution in [3.05, 3.63) is 64.7 Å². The number of sulfone groups is 1. The Kier molecular flexibility index (Phi) is 8.49. The summed E-state index contributed by atoms with van der Waals surface area (Å²) >= 11 is 7.29. The molecule has 40 heavy (non-hydrogen) atoms. The topological polar surface area (TPSA) is 105 Å². The lowest BCUT2D eigenvalue weighted by Crippen LogP contribution is -2.45. The van der Waals surface area contributed by atoms with Crippen LogP contribution in [0.5, 0.6) is 0 Å². The second kappa shape index (κ2) is 11.2. The Labute approximate surface area is 239 Å². The van der Waals surface area contributed by atoms with Crippen LogP contribution in [-0.2, 0) is 32.0 Å². The van der Waals surface area contributed by atoms with E-state index in [9.17, 15) is 31.2 Å². The van der Waals surface area contributed by atoms with Crippen molar-refractivity contribution in [3.63, 3.8) is 0 Å². The summed E-state index contributed by atoms with van der Waals surface area (Å²) in [7, 11) is -3.48. The molecule has 0 radical (unpaired) electrons. The van der Waals surface area contributed by atoms with Gasteiger partial charge in [-0.3, -0.25) is 4.79 Å². The SMILES string of the molecule is CC(C)(C)OC(=O)NC(Cc1ccccc1)C(=O)N=C1SC2CS(=O)(=O)CC2N1c1cc(C(F)(F)F)ccc1Cl. The number of fused-ring (bicyclic) bond motifs is 1. The summed E-state index contributed by atoms with van der Waals surface area (Å²) in [6.45, 7) is 5.00. The summed E-state index contributed by atoms with van der Waals surface area (Å²) in [4.78, 5) is 31.6. The second-order valence-corrected chi connectivity index (χ2v) is 14.2. The maximum atomic E-state index is 13.5. The summed E-state index contributed by atoms with van der Waals surface area (Å²) in [5, 5.41) is 1.90. The molecule has 14 heteroatoms. The zero-order valence-corrected chi connectivity index (χ0v) is 24.1. The second-order valence-electron chi connectivity index (χ2n) is 10.5. The molecular weight excluding hydrogens is 591 g/mol. The molecule has 0 aromatic heterocycles. The minimum atomic E-state index is -4.68. The molecule has 3 atom stereocenters. The number of nitrogens with zero attached hydrogens (tertiary/aromatic N) is 2. The van der Waals surface area contributed by atoms with E-state index in [1.165, 1.54) is 4.90 Å². The largest absolute Gasteiger partial charge is 0.444 e. The molecule has 2 amide bonds. The highest BCUT2D eigenvalue weighted by molar-refractivity contribution is 8.16. The van der Waals surface area contributed by atoms with Crippen LogP contribution in [0.4, 0.5) is 23.7 Å². The Bertz CT molecular complexity index is 1430. The highest BCUT2D eigenvalue weighted by atomic mass is 35.5. The average molecular weight is 618 g/mol. The Balaban J connectivity index is 1.72. The number of hydrogen-bond acceptors (Lipinski definition) is 6. The van der Waals surface area contributed by atoms with Crippen LogP contribution in [0, 0.1) is 0 Å². The normalized spacial score (nSPS) is 22.2. The minimum Gasteiger partial charge on any atom is -0.444 e. The van der Waals surface area contributed by atoms with Crippen LogP contribution in [0.3, 0.4) is 0 Å². The predicted molar refractivity (Wildman–Crippen MR) is 148 cm³/mol. The van der Waals surface area contributed by atoms with E-state index in [2.05, 4.69) is 10.3 Å². The number of halogens is 4. The molecule has 2 aliphatic heterocycles. The van der Waals surface area contributed by atoms with Gasteiger partial charge in [0.05, 0.1) is 33.8 Å². The highest BCUT2D eigenvalue weighted by Crippen LogP contribution is 2.44. The number of hydrogen-bond donors (Lipinski definition) is 1. The summed E-state index contributed by atoms with van der Waals surface area (Å²) in [5.74, 6) is -1.35. The van der Waals surface area contributed by atoms with Gasteiger partial charge in [-0.05, 0) is 44.5 Å². The number of alkyl carbamates (subject to hydrolysis) is 1. The number of nitrogens with one attached hydrogen (secondary N) is 1. The minimum absolute atomic E-state index is 0.000162. The number of carbonyl (C=O) groups is 2. The molecule has 0 saturated carbocycles. The van der Waals surface area contributed by atoms with E-state index in [0.29, 0.717) is 0 Å². The van der Waals surface area contributed by atoms with Gasteiger partial charge in [-0.15, -0.1) is 0 Å². The third-order valence-corrected chi connectivity index (χ3v) is 9.61. The van der Waals surface area contributed by atoms with Gasteiger partial charge in [-0.25, -0.2) is 13.2 Å². The van der Waals surface area contributed by atoms with Gasteiger partial charge < -0.3 is 15.0 Å². The zero-order chi connectivity index (χ0) is 29.5. The lowest BCUT2D eigenvalue weighted by atomic mass is 10.1. The first-order valence-corrected chi connectivity index (χ1v) is 15.3. The van der Waals surface area contributed by atoms with Gasteiger partial charge in [-0.2, -0.15) is 18.2 Å². The van der Waals surface area contributed by atoms with Crippen molar-refractivity contribution >= 4 is 56.1 Å². The van der Waals surface area contributed by atoms with Crippen molar-refractivity contribution in [2.24, 2.45) is 4.99 Å². The van der Waals surface area contributed by atoms with Crippen molar-refractivity contribution < 1.29 is 35.9 Å². The number of rotatable bonds is 5. The van der Waals surface area contributed by atoms with Gasteiger partial charge in [0, 0.05) is 11.7 Å². The first kappa shape index (κ1) is 30.2. The predicted octanol–water partition coefficient (Wildman–Crippen LogP) is 5.10. The van der Waals surface area contributed by atoms with Gasteiger partial charge in [-0.1, -0.05) is 53.7 Å². The van der Waals surface area contributed by atoms with Crippen molar-refractivity contribution in [2.45, 2.75) is 56.3 Å². The van der Waals surface area contributed by atoms with Crippen LogP contribution in [0.15, 0.2) is 53.5 Å².